The highest BCUT2D eigenvalue weighted by Crippen LogP contribution is 2.31. The number of hydrogen-bond donors (Lipinski definition) is 0. The van der Waals surface area contributed by atoms with E-state index in [2.05, 4.69) is 4.90 Å². The Balaban J connectivity index is 1.29. The van der Waals surface area contributed by atoms with Crippen molar-refractivity contribution in [3.8, 4) is 0 Å². The van der Waals surface area contributed by atoms with Gasteiger partial charge in [-0.2, -0.15) is 0 Å². The van der Waals surface area contributed by atoms with Crippen molar-refractivity contribution in [3.63, 3.8) is 0 Å². The Morgan fingerprint density at radius 3 is 2.28 bits per heavy atom. The smallest absolute Gasteiger partial charge is 0.230 e. The number of benzene rings is 2. The van der Waals surface area contributed by atoms with Crippen molar-refractivity contribution >= 4 is 56.6 Å². The lowest BCUT2D eigenvalue weighted by Crippen LogP contribution is -2.45. The number of hydrogen-bond acceptors (Lipinski definition) is 5. The molecule has 11 heteroatoms. The van der Waals surface area contributed by atoms with Crippen molar-refractivity contribution in [2.75, 3.05) is 56.2 Å². The molecule has 39 heavy (non-hydrogen) atoms. The predicted octanol–water partition coefficient (Wildman–Crippen LogP) is 6.03. The topological polar surface area (TPSA) is 60.9 Å². The standard InChI is InChI=1S/C28H36Cl2FN3O3S2/c1-39(36,37)33-17-11-22(12-18-33)28(35)34(24-5-8-26(29)27(30)19-24)14-2-13-32-15-9-21(10-16-32)20-38-25-6-3-23(31)4-7-25/h3-8,19,21-22H,2,9-18,20H2,1H3. The summed E-state index contributed by atoms with van der Waals surface area (Å²) in [4.78, 5) is 19.0. The van der Waals surface area contributed by atoms with E-state index >= 15 is 0 Å². The first kappa shape index (κ1) is 30.6. The largest absolute Gasteiger partial charge is 0.312 e. The van der Waals surface area contributed by atoms with Gasteiger partial charge in [-0.25, -0.2) is 17.1 Å². The molecule has 2 aliphatic heterocycles. The van der Waals surface area contributed by atoms with Crippen LogP contribution in [0, 0.1) is 17.7 Å². The lowest BCUT2D eigenvalue weighted by molar-refractivity contribution is -0.123. The Labute approximate surface area is 245 Å². The minimum absolute atomic E-state index is 0.0121. The predicted molar refractivity (Wildman–Crippen MR) is 159 cm³/mol. The van der Waals surface area contributed by atoms with E-state index in [0.717, 1.165) is 55.2 Å². The summed E-state index contributed by atoms with van der Waals surface area (Å²) in [5.41, 5.74) is 0.719. The van der Waals surface area contributed by atoms with Crippen LogP contribution in [0.5, 0.6) is 0 Å². The lowest BCUT2D eigenvalue weighted by Gasteiger charge is -2.34. The SMILES string of the molecule is CS(=O)(=O)N1CCC(C(=O)N(CCCN2CCC(CSc3ccc(F)cc3)CC2)c2ccc(Cl)c(Cl)c2)CC1. The van der Waals surface area contributed by atoms with Crippen molar-refractivity contribution in [3.05, 3.63) is 58.3 Å². The van der Waals surface area contributed by atoms with Gasteiger partial charge in [0.2, 0.25) is 15.9 Å². The molecule has 2 saturated heterocycles. The van der Waals surface area contributed by atoms with Crippen LogP contribution < -0.4 is 4.90 Å². The van der Waals surface area contributed by atoms with Crippen LogP contribution >= 0.6 is 35.0 Å². The fraction of sp³-hybridized carbons (Fsp3) is 0.536. The number of sulfonamides is 1. The molecule has 0 atom stereocenters. The fourth-order valence-corrected chi connectivity index (χ4v) is 7.50. The van der Waals surface area contributed by atoms with Crippen LogP contribution in [-0.2, 0) is 14.8 Å². The molecular weight excluding hydrogens is 580 g/mol. The van der Waals surface area contributed by atoms with E-state index < -0.39 is 10.0 Å². The van der Waals surface area contributed by atoms with Gasteiger partial charge in [0.25, 0.3) is 0 Å². The Bertz CT molecular complexity index is 1220. The molecule has 2 aliphatic rings. The molecule has 0 saturated carbocycles. The Hall–Kier alpha value is -1.36. The molecule has 0 unspecified atom stereocenters. The maximum Gasteiger partial charge on any atom is 0.230 e. The Morgan fingerprint density at radius 1 is 1.00 bits per heavy atom. The van der Waals surface area contributed by atoms with Gasteiger partial charge in [-0.3, -0.25) is 4.79 Å². The van der Waals surface area contributed by atoms with E-state index in [4.69, 9.17) is 23.2 Å². The van der Waals surface area contributed by atoms with E-state index in [1.807, 2.05) is 18.2 Å². The van der Waals surface area contributed by atoms with Crippen LogP contribution in [0.3, 0.4) is 0 Å². The van der Waals surface area contributed by atoms with Crippen molar-refractivity contribution in [2.24, 2.45) is 11.8 Å². The van der Waals surface area contributed by atoms with E-state index in [1.165, 1.54) is 22.7 Å². The maximum atomic E-state index is 13.6. The van der Waals surface area contributed by atoms with Crippen LogP contribution in [0.15, 0.2) is 47.4 Å². The molecule has 0 aromatic heterocycles. The highest BCUT2D eigenvalue weighted by molar-refractivity contribution is 7.99. The van der Waals surface area contributed by atoms with Crippen LogP contribution in [-0.4, -0.2) is 74.8 Å². The normalized spacial score (nSPS) is 18.4. The van der Waals surface area contributed by atoms with E-state index in [9.17, 15) is 17.6 Å². The number of piperidine rings is 2. The second-order valence-electron chi connectivity index (χ2n) is 10.4. The minimum Gasteiger partial charge on any atom is -0.312 e. The van der Waals surface area contributed by atoms with Crippen LogP contribution in [0.4, 0.5) is 10.1 Å². The number of anilines is 1. The van der Waals surface area contributed by atoms with E-state index in [-0.39, 0.29) is 17.6 Å². The molecule has 0 aliphatic carbocycles. The molecule has 2 aromatic rings. The first-order valence-electron chi connectivity index (χ1n) is 13.4. The molecule has 0 radical (unpaired) electrons. The second kappa shape index (κ2) is 14.0. The Kier molecular flexibility index (Phi) is 11.0. The summed E-state index contributed by atoms with van der Waals surface area (Å²) in [5, 5.41) is 0.842. The third-order valence-corrected chi connectivity index (χ3v) is 10.9. The number of nitrogens with zero attached hydrogens (tertiary/aromatic N) is 3. The highest BCUT2D eigenvalue weighted by Gasteiger charge is 2.32. The molecule has 4 rings (SSSR count). The summed E-state index contributed by atoms with van der Waals surface area (Å²) in [5.74, 6) is 1.26. The van der Waals surface area contributed by atoms with Crippen molar-refractivity contribution in [1.29, 1.82) is 0 Å². The molecule has 0 N–H and O–H groups in total. The molecule has 0 bridgehead atoms. The van der Waals surface area contributed by atoms with Crippen molar-refractivity contribution < 1.29 is 17.6 Å². The molecule has 214 valence electrons. The monoisotopic (exact) mass is 615 g/mol. The third kappa shape index (κ3) is 8.81. The molecule has 2 aromatic carbocycles. The summed E-state index contributed by atoms with van der Waals surface area (Å²) >= 11 is 14.2. The molecule has 0 spiro atoms. The maximum absolute atomic E-state index is 13.6. The summed E-state index contributed by atoms with van der Waals surface area (Å²) in [6.07, 6.45) is 5.30. The van der Waals surface area contributed by atoms with Gasteiger partial charge in [0, 0.05) is 41.9 Å². The molecule has 2 fully saturated rings. The van der Waals surface area contributed by atoms with Crippen LogP contribution in [0.25, 0.3) is 0 Å². The quantitative estimate of drug-likeness (QED) is 0.305. The van der Waals surface area contributed by atoms with Crippen LogP contribution in [0.1, 0.15) is 32.1 Å². The summed E-state index contributed by atoms with van der Waals surface area (Å²) in [7, 11) is -3.25. The second-order valence-corrected chi connectivity index (χ2v) is 14.3. The zero-order chi connectivity index (χ0) is 28.0. The number of rotatable bonds is 10. The average Bonchev–Trinajstić information content (AvgIpc) is 2.92. The third-order valence-electron chi connectivity index (χ3n) is 7.62. The summed E-state index contributed by atoms with van der Waals surface area (Å²) in [6.45, 7) is 4.23. The number of carbonyl (C=O) groups excluding carboxylic acids is 1. The first-order valence-corrected chi connectivity index (χ1v) is 17.0. The van der Waals surface area contributed by atoms with Gasteiger partial charge >= 0.3 is 0 Å². The average molecular weight is 617 g/mol. The van der Waals surface area contributed by atoms with Gasteiger partial charge in [-0.05, 0) is 100 Å². The number of likely N-dealkylation sites (tertiary alicyclic amines) is 1. The minimum atomic E-state index is -3.25. The highest BCUT2D eigenvalue weighted by atomic mass is 35.5. The van der Waals surface area contributed by atoms with Crippen molar-refractivity contribution in [1.82, 2.24) is 9.21 Å². The van der Waals surface area contributed by atoms with Gasteiger partial charge in [0.1, 0.15) is 5.82 Å². The van der Waals surface area contributed by atoms with E-state index in [1.54, 1.807) is 28.8 Å². The number of carbonyl (C=O) groups is 1. The first-order chi connectivity index (χ1) is 18.6. The van der Waals surface area contributed by atoms with Crippen molar-refractivity contribution in [2.45, 2.75) is 37.0 Å². The zero-order valence-corrected chi connectivity index (χ0v) is 25.3. The summed E-state index contributed by atoms with van der Waals surface area (Å²) < 4.78 is 38.4. The number of halogens is 3. The van der Waals surface area contributed by atoms with Gasteiger partial charge in [-0.15, -0.1) is 11.8 Å². The Morgan fingerprint density at radius 2 is 1.67 bits per heavy atom. The number of thioether (sulfide) groups is 1. The van der Waals surface area contributed by atoms with E-state index in [0.29, 0.717) is 48.4 Å². The number of amides is 1. The molecule has 6 nitrogen and oxygen atoms in total. The van der Waals surface area contributed by atoms with Gasteiger partial charge in [-0.1, -0.05) is 23.2 Å². The zero-order valence-electron chi connectivity index (χ0n) is 22.2. The molecule has 2 heterocycles. The summed E-state index contributed by atoms with van der Waals surface area (Å²) in [6, 6.07) is 12.0. The fourth-order valence-electron chi connectivity index (χ4n) is 5.25. The van der Waals surface area contributed by atoms with Gasteiger partial charge in [0.15, 0.2) is 0 Å². The molecular formula is C28H36Cl2FN3O3S2. The van der Waals surface area contributed by atoms with Gasteiger partial charge < -0.3 is 9.80 Å². The van der Waals surface area contributed by atoms with Crippen LogP contribution in [0.2, 0.25) is 10.0 Å². The molecule has 1 amide bonds. The van der Waals surface area contributed by atoms with Gasteiger partial charge in [0.05, 0.1) is 16.3 Å². The lowest BCUT2D eigenvalue weighted by atomic mass is 9.96.